The Labute approximate surface area is 428 Å². The Morgan fingerprint density at radius 2 is 1.12 bits per heavy atom. The number of nitrogen functional groups attached to an aromatic ring is 2. The van der Waals surface area contributed by atoms with Crippen molar-refractivity contribution < 1.29 is 70.3 Å². The SMILES string of the molecule is C=CCO.C=CCOc1cc(F)cc(CN(C(=O)OCC)c2cc(Br)nc(N)c2[N+](=O)[O-])c1.C=CCOc1cc(F)cc(CN(C(=O)OCC)c2cc(OCC=C)nc(N)c2[N+](=O)[O-])c1.I[I-]I. The molecule has 2 heterocycles. The topological polar surface area (TPSA) is 271 Å². The number of nitrogens with zero attached hydrogens (tertiary/aromatic N) is 6. The number of aromatic nitrogens is 2. The van der Waals surface area contributed by atoms with E-state index >= 15 is 0 Å². The Morgan fingerprint density at radius 1 is 0.735 bits per heavy atom. The van der Waals surface area contributed by atoms with Crippen molar-refractivity contribution >= 4 is 99.7 Å². The molecule has 0 saturated heterocycles. The number of anilines is 4. The van der Waals surface area contributed by atoms with Gasteiger partial charge in [-0.3, -0.25) is 30.0 Å². The molecule has 0 bridgehead atoms. The van der Waals surface area contributed by atoms with E-state index in [-0.39, 0.29) is 97.5 Å². The van der Waals surface area contributed by atoms with Gasteiger partial charge in [0.1, 0.15) is 58.9 Å². The Kier molecular flexibility index (Phi) is 29.5. The van der Waals surface area contributed by atoms with Gasteiger partial charge in [-0.25, -0.2) is 23.4 Å². The number of nitrogens with two attached hydrogens (primary N) is 2. The summed E-state index contributed by atoms with van der Waals surface area (Å²) in [6.07, 6.45) is 4.08. The molecular weight excluding hydrogens is 1310 g/mol. The van der Waals surface area contributed by atoms with Crippen LogP contribution in [-0.2, 0) is 22.6 Å². The summed E-state index contributed by atoms with van der Waals surface area (Å²) >= 11 is 8.41. The molecule has 0 radical (unpaired) electrons. The maximum absolute atomic E-state index is 14.1. The third kappa shape index (κ3) is 20.8. The van der Waals surface area contributed by atoms with Crippen molar-refractivity contribution in [2.75, 3.05) is 60.9 Å². The van der Waals surface area contributed by atoms with E-state index in [9.17, 15) is 38.6 Å². The molecule has 0 unspecified atom stereocenters. The predicted molar refractivity (Wildman–Crippen MR) is 270 cm³/mol. The van der Waals surface area contributed by atoms with Gasteiger partial charge in [0.2, 0.25) is 17.5 Å². The molecule has 2 aromatic carbocycles. The first-order valence-corrected chi connectivity index (χ1v) is 32.6. The normalized spacial score (nSPS) is 9.88. The van der Waals surface area contributed by atoms with E-state index in [1.807, 2.05) is 0 Å². The number of benzene rings is 2. The van der Waals surface area contributed by atoms with Crippen LogP contribution in [0.3, 0.4) is 0 Å². The van der Waals surface area contributed by atoms with Gasteiger partial charge >= 0.3 is 74.0 Å². The standard InChI is InChI=1S/C21H23FN4O6.C18H18BrFN4O5.C3H6O.I3/c1-4-7-31-16-10-14(9-15(22)11-16)13-25(21(27)30-6-3)17-12-18(32-8-5-2)24-20(23)19(17)26(28)29;1-3-5-29-13-7-11(6-12(20)8-13)10-23(18(25)28-4-2)14-9-15(19)22-17(21)16(14)24(26)27;1-2-3-4;1-3-2/h4-5,9-12H,1-2,6-8,13H2,3H3,(H2,23,24);3,6-9H,1,4-5,10H2,2H3,(H2,21,22);2,4H,1,3H2;/q;;;-1. The van der Waals surface area contributed by atoms with E-state index in [1.165, 1.54) is 66.8 Å². The van der Waals surface area contributed by atoms with E-state index in [1.54, 1.807) is 13.8 Å². The molecule has 4 aromatic rings. The maximum atomic E-state index is 14.1. The molecule has 5 N–H and O–H groups in total. The van der Waals surface area contributed by atoms with Gasteiger partial charge < -0.3 is 40.3 Å². The third-order valence-corrected chi connectivity index (χ3v) is 8.03. The monoisotopic (exact) mass is 1350 g/mol. The molecule has 4 rings (SSSR count). The summed E-state index contributed by atoms with van der Waals surface area (Å²) in [6.45, 7) is 16.9. The molecule has 0 spiro atoms. The minimum absolute atomic E-state index is 0.000362. The third-order valence-electron chi connectivity index (χ3n) is 7.62. The number of nitro groups is 2. The molecule has 68 heavy (non-hydrogen) atoms. The van der Waals surface area contributed by atoms with Crippen molar-refractivity contribution in [1.82, 2.24) is 9.97 Å². The van der Waals surface area contributed by atoms with Crippen LogP contribution in [0.1, 0.15) is 25.0 Å². The van der Waals surface area contributed by atoms with Crippen LogP contribution in [0.4, 0.5) is 52.8 Å². The molecule has 0 aliphatic heterocycles. The van der Waals surface area contributed by atoms with Crippen LogP contribution >= 0.6 is 53.2 Å². The number of ether oxygens (including phenoxy) is 5. The second-order valence-electron chi connectivity index (χ2n) is 12.4. The number of aliphatic hydroxyl groups excluding tert-OH is 1. The van der Waals surface area contributed by atoms with Gasteiger partial charge in [0.05, 0.1) is 42.8 Å². The summed E-state index contributed by atoms with van der Waals surface area (Å²) < 4.78 is 54.4. The number of hydrogen-bond acceptors (Lipinski definition) is 16. The molecule has 370 valence electrons. The van der Waals surface area contributed by atoms with Crippen molar-refractivity contribution in [1.29, 1.82) is 0 Å². The first-order valence-electron chi connectivity index (χ1n) is 19.2. The summed E-state index contributed by atoms with van der Waals surface area (Å²) in [5.41, 5.74) is 10.5. The summed E-state index contributed by atoms with van der Waals surface area (Å²) in [5, 5.41) is 31.0. The molecule has 0 aliphatic rings. The van der Waals surface area contributed by atoms with Crippen LogP contribution < -0.4 is 48.7 Å². The Balaban J connectivity index is 0.000000600. The van der Waals surface area contributed by atoms with Crippen molar-refractivity contribution in [2.24, 2.45) is 0 Å². The van der Waals surface area contributed by atoms with Crippen LogP contribution in [0, 0.1) is 31.9 Å². The zero-order valence-electron chi connectivity index (χ0n) is 36.5. The first-order chi connectivity index (χ1) is 32.4. The van der Waals surface area contributed by atoms with Gasteiger partial charge in [0.15, 0.2) is 0 Å². The van der Waals surface area contributed by atoms with Crippen molar-refractivity contribution in [3.05, 3.63) is 147 Å². The summed E-state index contributed by atoms with van der Waals surface area (Å²) in [4.78, 5) is 56.5. The molecule has 0 atom stereocenters. The van der Waals surface area contributed by atoms with Crippen LogP contribution in [0.5, 0.6) is 17.4 Å². The van der Waals surface area contributed by atoms with Crippen LogP contribution in [0.2, 0.25) is 0 Å². The molecule has 2 amide bonds. The summed E-state index contributed by atoms with van der Waals surface area (Å²) in [5.74, 6) is -1.72. The van der Waals surface area contributed by atoms with E-state index in [2.05, 4.69) is 89.4 Å². The fourth-order valence-electron chi connectivity index (χ4n) is 5.20. The van der Waals surface area contributed by atoms with Crippen LogP contribution in [0.25, 0.3) is 0 Å². The van der Waals surface area contributed by atoms with Gasteiger partial charge in [0, 0.05) is 24.3 Å². The minimum atomic E-state index is -0.909. The van der Waals surface area contributed by atoms with Crippen LogP contribution in [0.15, 0.2) is 104 Å². The van der Waals surface area contributed by atoms with E-state index < -0.39 is 50.9 Å². The number of rotatable bonds is 20. The van der Waals surface area contributed by atoms with Gasteiger partial charge in [-0.1, -0.05) is 44.0 Å². The quantitative estimate of drug-likeness (QED) is 0.0261. The van der Waals surface area contributed by atoms with Gasteiger partial charge in [-0.05, 0) is 65.2 Å². The zero-order chi connectivity index (χ0) is 51.3. The molecule has 0 fully saturated rings. The van der Waals surface area contributed by atoms with Gasteiger partial charge in [-0.2, -0.15) is 4.98 Å². The molecule has 0 aliphatic carbocycles. The molecule has 2 aromatic heterocycles. The number of amides is 2. The van der Waals surface area contributed by atoms with E-state index in [4.69, 9.17) is 40.3 Å². The van der Waals surface area contributed by atoms with E-state index in [0.717, 1.165) is 15.9 Å². The molecular formula is C42H47BrF2I3N8O12-. The number of carbonyl (C=O) groups excluding carboxylic acids is 2. The average molecular weight is 1350 g/mol. The Bertz CT molecular complexity index is 2380. The Hall–Kier alpha value is -5.47. The van der Waals surface area contributed by atoms with Gasteiger partial charge in [0.25, 0.3) is 0 Å². The number of pyridine rings is 2. The van der Waals surface area contributed by atoms with Gasteiger partial charge in [-0.15, -0.1) is 6.58 Å². The second kappa shape index (κ2) is 33.1. The number of halogens is 6. The number of aliphatic hydroxyl groups is 1. The zero-order valence-corrected chi connectivity index (χ0v) is 44.5. The Morgan fingerprint density at radius 3 is 1.49 bits per heavy atom. The average Bonchev–Trinajstić information content (AvgIpc) is 3.27. The number of carbonyl (C=O) groups is 2. The summed E-state index contributed by atoms with van der Waals surface area (Å²) in [6, 6.07) is 10.1. The molecule has 26 heteroatoms. The van der Waals surface area contributed by atoms with Crippen molar-refractivity contribution in [2.45, 2.75) is 26.9 Å². The fourth-order valence-corrected chi connectivity index (χ4v) is 5.61. The van der Waals surface area contributed by atoms with Crippen molar-refractivity contribution in [3.63, 3.8) is 0 Å². The predicted octanol–water partition coefficient (Wildman–Crippen LogP) is 7.15. The first kappa shape index (κ1) is 60.5. The van der Waals surface area contributed by atoms with Crippen molar-refractivity contribution in [3.8, 4) is 17.4 Å². The number of hydrogen-bond donors (Lipinski definition) is 3. The van der Waals surface area contributed by atoms with E-state index in [0.29, 0.717) is 18.8 Å². The molecule has 0 saturated carbocycles. The second-order valence-corrected chi connectivity index (χ2v) is 29.5. The van der Waals surface area contributed by atoms with Crippen LogP contribution in [-0.4, -0.2) is 76.7 Å². The fraction of sp³-hybridized carbons (Fsp3) is 0.238. The molecule has 20 nitrogen and oxygen atoms in total. The summed E-state index contributed by atoms with van der Waals surface area (Å²) in [7, 11) is 0.